The number of rotatable bonds is 3. The molecule has 2 heterocycles. The fourth-order valence-corrected chi connectivity index (χ4v) is 2.54. The fourth-order valence-electron chi connectivity index (χ4n) is 2.41. The Balaban J connectivity index is 2.05. The van der Waals surface area contributed by atoms with E-state index in [1.54, 1.807) is 6.20 Å². The van der Waals surface area contributed by atoms with E-state index < -0.39 is 0 Å². The molecule has 4 heteroatoms. The smallest absolute Gasteiger partial charge is 0.147 e. The number of hydrogen-bond donors (Lipinski definition) is 0. The second kappa shape index (κ2) is 6.20. The molecule has 0 radical (unpaired) electrons. The average Bonchev–Trinajstić information content (AvgIpc) is 2.64. The average molecular weight is 254 g/mol. The zero-order chi connectivity index (χ0) is 12.1. The lowest BCUT2D eigenvalue weighted by molar-refractivity contribution is 0.459. The van der Waals surface area contributed by atoms with Crippen LogP contribution in [0.2, 0.25) is 0 Å². The summed E-state index contributed by atoms with van der Waals surface area (Å²) in [5, 5.41) is 0. The Labute approximate surface area is 108 Å². The van der Waals surface area contributed by atoms with Crippen molar-refractivity contribution in [3.8, 4) is 0 Å². The van der Waals surface area contributed by atoms with E-state index in [1.807, 2.05) is 6.20 Å². The molecule has 0 aliphatic carbocycles. The van der Waals surface area contributed by atoms with Crippen LogP contribution in [0.1, 0.15) is 38.3 Å². The maximum atomic E-state index is 5.79. The number of halogens is 1. The van der Waals surface area contributed by atoms with Gasteiger partial charge in [-0.3, -0.25) is 4.98 Å². The van der Waals surface area contributed by atoms with E-state index >= 15 is 0 Å². The molecule has 0 spiro atoms. The Morgan fingerprint density at radius 2 is 2.24 bits per heavy atom. The molecular formula is C13H20ClN3. The van der Waals surface area contributed by atoms with Gasteiger partial charge < -0.3 is 4.90 Å². The summed E-state index contributed by atoms with van der Waals surface area (Å²) in [5.74, 6) is 2.30. The van der Waals surface area contributed by atoms with Crippen LogP contribution in [0, 0.1) is 5.92 Å². The molecule has 2 rings (SSSR count). The molecule has 0 bridgehead atoms. The van der Waals surface area contributed by atoms with E-state index in [0.29, 0.717) is 5.88 Å². The van der Waals surface area contributed by atoms with Crippen molar-refractivity contribution in [2.75, 3.05) is 18.0 Å². The summed E-state index contributed by atoms with van der Waals surface area (Å²) in [6.07, 6.45) is 8.75. The number of aromatic nitrogens is 2. The van der Waals surface area contributed by atoms with Gasteiger partial charge in [-0.15, -0.1) is 11.6 Å². The van der Waals surface area contributed by atoms with E-state index in [4.69, 9.17) is 11.6 Å². The van der Waals surface area contributed by atoms with E-state index in [0.717, 1.165) is 30.5 Å². The molecule has 94 valence electrons. The molecule has 1 aliphatic rings. The number of anilines is 1. The van der Waals surface area contributed by atoms with E-state index in [2.05, 4.69) is 21.8 Å². The van der Waals surface area contributed by atoms with Crippen LogP contribution in [-0.2, 0) is 5.88 Å². The van der Waals surface area contributed by atoms with Crippen LogP contribution in [0.4, 0.5) is 5.82 Å². The van der Waals surface area contributed by atoms with Crippen LogP contribution >= 0.6 is 11.6 Å². The van der Waals surface area contributed by atoms with Crippen molar-refractivity contribution in [3.05, 3.63) is 18.1 Å². The van der Waals surface area contributed by atoms with E-state index in [1.165, 1.54) is 25.7 Å². The molecule has 1 unspecified atom stereocenters. The second-order valence-corrected chi connectivity index (χ2v) is 4.96. The minimum atomic E-state index is 0.437. The summed E-state index contributed by atoms with van der Waals surface area (Å²) in [7, 11) is 0. The Bertz CT molecular complexity index is 356. The molecule has 1 aromatic heterocycles. The lowest BCUT2D eigenvalue weighted by atomic mass is 9.98. The number of alkyl halides is 1. The van der Waals surface area contributed by atoms with Crippen LogP contribution in [0.5, 0.6) is 0 Å². The van der Waals surface area contributed by atoms with Gasteiger partial charge in [0, 0.05) is 19.3 Å². The zero-order valence-electron chi connectivity index (χ0n) is 10.4. The van der Waals surface area contributed by atoms with Crippen molar-refractivity contribution in [2.24, 2.45) is 5.92 Å². The monoisotopic (exact) mass is 253 g/mol. The van der Waals surface area contributed by atoms with Gasteiger partial charge in [0.25, 0.3) is 0 Å². The summed E-state index contributed by atoms with van der Waals surface area (Å²) in [5.41, 5.74) is 0.862. The maximum Gasteiger partial charge on any atom is 0.147 e. The predicted octanol–water partition coefficient (Wildman–Crippen LogP) is 3.23. The van der Waals surface area contributed by atoms with Crippen LogP contribution < -0.4 is 4.90 Å². The van der Waals surface area contributed by atoms with Gasteiger partial charge in [0.2, 0.25) is 0 Å². The van der Waals surface area contributed by atoms with Crippen LogP contribution in [0.15, 0.2) is 12.4 Å². The maximum absolute atomic E-state index is 5.79. The first-order valence-corrected chi connectivity index (χ1v) is 6.98. The Morgan fingerprint density at radius 3 is 3.00 bits per heavy atom. The lowest BCUT2D eigenvalue weighted by Gasteiger charge is -2.21. The van der Waals surface area contributed by atoms with Crippen molar-refractivity contribution in [2.45, 2.75) is 38.5 Å². The quantitative estimate of drug-likeness (QED) is 0.775. The Kier molecular flexibility index (Phi) is 4.60. The molecule has 1 atom stereocenters. The van der Waals surface area contributed by atoms with Crippen molar-refractivity contribution < 1.29 is 0 Å². The van der Waals surface area contributed by atoms with Gasteiger partial charge in [-0.2, -0.15) is 0 Å². The third-order valence-corrected chi connectivity index (χ3v) is 3.83. The molecule has 0 saturated carbocycles. The van der Waals surface area contributed by atoms with Gasteiger partial charge in [0.05, 0.1) is 17.8 Å². The van der Waals surface area contributed by atoms with Crippen molar-refractivity contribution in [3.63, 3.8) is 0 Å². The fraction of sp³-hybridized carbons (Fsp3) is 0.692. The van der Waals surface area contributed by atoms with Gasteiger partial charge in [0.15, 0.2) is 0 Å². The Hall–Kier alpha value is -0.830. The SMILES string of the molecule is CCC1CCCN(c2cncc(CCl)n2)CC1. The number of nitrogens with zero attached hydrogens (tertiary/aromatic N) is 3. The van der Waals surface area contributed by atoms with Gasteiger partial charge in [-0.1, -0.05) is 13.3 Å². The highest BCUT2D eigenvalue weighted by Gasteiger charge is 2.17. The van der Waals surface area contributed by atoms with Gasteiger partial charge in [-0.05, 0) is 25.2 Å². The summed E-state index contributed by atoms with van der Waals surface area (Å²) in [4.78, 5) is 11.1. The highest BCUT2D eigenvalue weighted by molar-refractivity contribution is 6.16. The minimum Gasteiger partial charge on any atom is -0.355 e. The van der Waals surface area contributed by atoms with Gasteiger partial charge in [0.1, 0.15) is 5.82 Å². The molecule has 0 N–H and O–H groups in total. The standard InChI is InChI=1S/C13H20ClN3/c1-2-11-4-3-6-17(7-5-11)13-10-15-9-12(8-14)16-13/h9-11H,2-8H2,1H3. The van der Waals surface area contributed by atoms with Crippen LogP contribution in [-0.4, -0.2) is 23.1 Å². The summed E-state index contributed by atoms with van der Waals surface area (Å²) in [6, 6.07) is 0. The highest BCUT2D eigenvalue weighted by Crippen LogP contribution is 2.23. The van der Waals surface area contributed by atoms with Crippen molar-refractivity contribution in [1.82, 2.24) is 9.97 Å². The van der Waals surface area contributed by atoms with E-state index in [-0.39, 0.29) is 0 Å². The Morgan fingerprint density at radius 1 is 1.35 bits per heavy atom. The van der Waals surface area contributed by atoms with Crippen molar-refractivity contribution in [1.29, 1.82) is 0 Å². The first-order chi connectivity index (χ1) is 8.33. The largest absolute Gasteiger partial charge is 0.355 e. The lowest BCUT2D eigenvalue weighted by Crippen LogP contribution is -2.25. The second-order valence-electron chi connectivity index (χ2n) is 4.69. The topological polar surface area (TPSA) is 29.0 Å². The number of hydrogen-bond acceptors (Lipinski definition) is 3. The molecule has 0 aromatic carbocycles. The van der Waals surface area contributed by atoms with Crippen molar-refractivity contribution >= 4 is 17.4 Å². The minimum absolute atomic E-state index is 0.437. The molecule has 1 saturated heterocycles. The summed E-state index contributed by atoms with van der Waals surface area (Å²) < 4.78 is 0. The van der Waals surface area contributed by atoms with Crippen LogP contribution in [0.3, 0.4) is 0 Å². The molecule has 1 aliphatic heterocycles. The summed E-state index contributed by atoms with van der Waals surface area (Å²) >= 11 is 5.79. The predicted molar refractivity (Wildman–Crippen MR) is 71.4 cm³/mol. The molecule has 0 amide bonds. The third kappa shape index (κ3) is 3.32. The van der Waals surface area contributed by atoms with Crippen LogP contribution in [0.25, 0.3) is 0 Å². The third-order valence-electron chi connectivity index (χ3n) is 3.56. The van der Waals surface area contributed by atoms with Gasteiger partial charge >= 0.3 is 0 Å². The molecular weight excluding hydrogens is 234 g/mol. The molecule has 1 fully saturated rings. The highest BCUT2D eigenvalue weighted by atomic mass is 35.5. The van der Waals surface area contributed by atoms with Gasteiger partial charge in [-0.25, -0.2) is 4.98 Å². The molecule has 3 nitrogen and oxygen atoms in total. The molecule has 17 heavy (non-hydrogen) atoms. The van der Waals surface area contributed by atoms with E-state index in [9.17, 15) is 0 Å². The first kappa shape index (κ1) is 12.6. The molecule has 1 aromatic rings. The normalized spacial score (nSPS) is 21.3. The summed E-state index contributed by atoms with van der Waals surface area (Å²) in [6.45, 7) is 4.48. The first-order valence-electron chi connectivity index (χ1n) is 6.45. The zero-order valence-corrected chi connectivity index (χ0v) is 11.2.